The number of aliphatic imine (C=N–C) groups is 1. The quantitative estimate of drug-likeness (QED) is 0.828. The highest BCUT2D eigenvalue weighted by molar-refractivity contribution is 5.95. The Morgan fingerprint density at radius 2 is 2.11 bits per heavy atom. The predicted molar refractivity (Wildman–Crippen MR) is 72.5 cm³/mol. The van der Waals surface area contributed by atoms with Crippen LogP contribution >= 0.6 is 0 Å². The van der Waals surface area contributed by atoms with E-state index in [4.69, 9.17) is 4.74 Å². The van der Waals surface area contributed by atoms with Gasteiger partial charge in [0.15, 0.2) is 6.10 Å². The van der Waals surface area contributed by atoms with Gasteiger partial charge in [0.1, 0.15) is 6.61 Å². The Kier molecular flexibility index (Phi) is 3.37. The molecule has 1 aliphatic rings. The summed E-state index contributed by atoms with van der Waals surface area (Å²) in [4.78, 5) is 4.37. The number of benzene rings is 1. The standard InChI is InChI=1S/C15H17NO2/c1-4-12(11-8-6-5-7-9-11)13(17)14-16-15(2,3)10-18-14/h5-9,13,17H,1,10H2,2-3H3. The minimum Gasteiger partial charge on any atom is -0.476 e. The first-order valence-electron chi connectivity index (χ1n) is 5.89. The minimum absolute atomic E-state index is 0.278. The van der Waals surface area contributed by atoms with Crippen LogP contribution in [0.25, 0.3) is 5.57 Å². The third-order valence-electron chi connectivity index (χ3n) is 2.77. The summed E-state index contributed by atoms with van der Waals surface area (Å²) in [6, 6.07) is 9.53. The third kappa shape index (κ3) is 2.53. The lowest BCUT2D eigenvalue weighted by Gasteiger charge is -2.12. The first-order valence-corrected chi connectivity index (χ1v) is 5.89. The lowest BCUT2D eigenvalue weighted by molar-refractivity contribution is 0.224. The van der Waals surface area contributed by atoms with Crippen molar-refractivity contribution in [3.63, 3.8) is 0 Å². The van der Waals surface area contributed by atoms with E-state index in [9.17, 15) is 5.11 Å². The second-order valence-electron chi connectivity index (χ2n) is 4.91. The van der Waals surface area contributed by atoms with Gasteiger partial charge in [0.2, 0.25) is 5.90 Å². The van der Waals surface area contributed by atoms with Crippen molar-refractivity contribution in [2.75, 3.05) is 6.61 Å². The van der Waals surface area contributed by atoms with Crippen LogP contribution in [0.1, 0.15) is 19.4 Å². The van der Waals surface area contributed by atoms with Gasteiger partial charge in [-0.25, -0.2) is 4.99 Å². The molecule has 0 aromatic heterocycles. The number of hydrogen-bond acceptors (Lipinski definition) is 3. The fourth-order valence-electron chi connectivity index (χ4n) is 1.85. The van der Waals surface area contributed by atoms with Gasteiger partial charge in [-0.1, -0.05) is 36.9 Å². The molecule has 18 heavy (non-hydrogen) atoms. The Morgan fingerprint density at radius 3 is 2.61 bits per heavy atom. The summed E-state index contributed by atoms with van der Waals surface area (Å²) in [6.45, 7) is 8.05. The molecule has 0 amide bonds. The molecular formula is C15H17NO2. The summed E-state index contributed by atoms with van der Waals surface area (Å²) in [7, 11) is 0. The zero-order valence-corrected chi connectivity index (χ0v) is 10.7. The molecule has 0 radical (unpaired) electrons. The molecule has 0 bridgehead atoms. The van der Waals surface area contributed by atoms with E-state index in [1.807, 2.05) is 44.2 Å². The van der Waals surface area contributed by atoms with E-state index in [0.717, 1.165) is 5.56 Å². The Morgan fingerprint density at radius 1 is 1.44 bits per heavy atom. The zero-order valence-electron chi connectivity index (χ0n) is 10.7. The zero-order chi connectivity index (χ0) is 13.2. The number of aliphatic hydroxyl groups is 1. The molecule has 0 fully saturated rings. The van der Waals surface area contributed by atoms with Crippen molar-refractivity contribution in [1.29, 1.82) is 0 Å². The van der Waals surface area contributed by atoms with Crippen LogP contribution in [0.15, 0.2) is 47.6 Å². The van der Waals surface area contributed by atoms with E-state index in [1.54, 1.807) is 0 Å². The van der Waals surface area contributed by atoms with Gasteiger partial charge >= 0.3 is 0 Å². The Bertz CT molecular complexity index is 511. The van der Waals surface area contributed by atoms with Crippen molar-refractivity contribution in [3.05, 3.63) is 48.2 Å². The molecule has 1 N–H and O–H groups in total. The second kappa shape index (κ2) is 4.81. The average molecular weight is 243 g/mol. The van der Waals surface area contributed by atoms with Crippen LogP contribution < -0.4 is 0 Å². The van der Waals surface area contributed by atoms with Crippen LogP contribution in [0.2, 0.25) is 0 Å². The van der Waals surface area contributed by atoms with Gasteiger partial charge in [0, 0.05) is 5.57 Å². The first kappa shape index (κ1) is 12.6. The van der Waals surface area contributed by atoms with Crippen LogP contribution in [0.5, 0.6) is 0 Å². The summed E-state index contributed by atoms with van der Waals surface area (Å²) in [6.07, 6.45) is -0.910. The van der Waals surface area contributed by atoms with E-state index >= 15 is 0 Å². The molecular weight excluding hydrogens is 226 g/mol. The molecule has 1 aromatic carbocycles. The molecule has 0 spiro atoms. The molecule has 1 atom stereocenters. The van der Waals surface area contributed by atoms with E-state index in [2.05, 4.69) is 17.3 Å². The fraction of sp³-hybridized carbons (Fsp3) is 0.333. The van der Waals surface area contributed by atoms with Gasteiger partial charge < -0.3 is 9.84 Å². The van der Waals surface area contributed by atoms with Crippen molar-refractivity contribution in [1.82, 2.24) is 0 Å². The Hall–Kier alpha value is -1.83. The second-order valence-corrected chi connectivity index (χ2v) is 4.91. The van der Waals surface area contributed by atoms with Gasteiger partial charge in [-0.2, -0.15) is 0 Å². The number of ether oxygens (including phenoxy) is 1. The van der Waals surface area contributed by atoms with Gasteiger partial charge in [-0.15, -0.1) is 5.73 Å². The van der Waals surface area contributed by atoms with Gasteiger partial charge in [-0.3, -0.25) is 0 Å². The van der Waals surface area contributed by atoms with Gasteiger partial charge in [0.25, 0.3) is 0 Å². The van der Waals surface area contributed by atoms with E-state index in [0.29, 0.717) is 18.1 Å². The number of hydrogen-bond donors (Lipinski definition) is 1. The summed E-state index contributed by atoms with van der Waals surface area (Å²) >= 11 is 0. The predicted octanol–water partition coefficient (Wildman–Crippen LogP) is 2.42. The third-order valence-corrected chi connectivity index (χ3v) is 2.77. The van der Waals surface area contributed by atoms with Crippen LogP contribution in [0.3, 0.4) is 0 Å². The summed E-state index contributed by atoms with van der Waals surface area (Å²) < 4.78 is 5.45. The molecule has 1 heterocycles. The van der Waals surface area contributed by atoms with Crippen LogP contribution in [-0.4, -0.2) is 29.3 Å². The van der Waals surface area contributed by atoms with Crippen molar-refractivity contribution >= 4 is 11.5 Å². The lowest BCUT2D eigenvalue weighted by Crippen LogP contribution is -2.22. The highest BCUT2D eigenvalue weighted by Crippen LogP contribution is 2.24. The van der Waals surface area contributed by atoms with Gasteiger partial charge in [-0.05, 0) is 19.4 Å². The first-order chi connectivity index (χ1) is 8.53. The van der Waals surface area contributed by atoms with Crippen molar-refractivity contribution in [2.45, 2.75) is 25.5 Å². The molecule has 1 aliphatic heterocycles. The highest BCUT2D eigenvalue weighted by atomic mass is 16.5. The Balaban J connectivity index is 2.29. The van der Waals surface area contributed by atoms with Crippen molar-refractivity contribution < 1.29 is 9.84 Å². The van der Waals surface area contributed by atoms with Crippen LogP contribution in [-0.2, 0) is 4.74 Å². The van der Waals surface area contributed by atoms with Gasteiger partial charge in [0.05, 0.1) is 5.54 Å². The smallest absolute Gasteiger partial charge is 0.219 e. The molecule has 0 saturated carbocycles. The number of aliphatic hydroxyl groups excluding tert-OH is 1. The molecule has 1 unspecified atom stereocenters. The molecule has 0 aliphatic carbocycles. The van der Waals surface area contributed by atoms with E-state index in [1.165, 1.54) is 0 Å². The van der Waals surface area contributed by atoms with Crippen LogP contribution in [0.4, 0.5) is 0 Å². The molecule has 3 heteroatoms. The minimum atomic E-state index is -0.910. The molecule has 1 aromatic rings. The lowest BCUT2D eigenvalue weighted by atomic mass is 10.0. The summed E-state index contributed by atoms with van der Waals surface area (Å²) in [5.41, 5.74) is 3.96. The van der Waals surface area contributed by atoms with E-state index in [-0.39, 0.29) is 5.54 Å². The number of nitrogens with zero attached hydrogens (tertiary/aromatic N) is 1. The topological polar surface area (TPSA) is 41.8 Å². The number of rotatable bonds is 3. The Labute approximate surface area is 107 Å². The summed E-state index contributed by atoms with van der Waals surface area (Å²) in [5.74, 6) is 0.343. The maximum Gasteiger partial charge on any atom is 0.219 e. The summed E-state index contributed by atoms with van der Waals surface area (Å²) in [5, 5.41) is 10.3. The SMILES string of the molecule is C=C=C(c1ccccc1)C(O)C1=NC(C)(C)CO1. The fourth-order valence-corrected chi connectivity index (χ4v) is 1.85. The maximum absolute atomic E-state index is 10.3. The van der Waals surface area contributed by atoms with E-state index < -0.39 is 6.10 Å². The van der Waals surface area contributed by atoms with Crippen LogP contribution in [0, 0.1) is 0 Å². The molecule has 3 nitrogen and oxygen atoms in total. The highest BCUT2D eigenvalue weighted by Gasteiger charge is 2.31. The largest absolute Gasteiger partial charge is 0.476 e. The average Bonchev–Trinajstić information content (AvgIpc) is 2.72. The normalized spacial score (nSPS) is 18.5. The molecule has 2 rings (SSSR count). The van der Waals surface area contributed by atoms with Crippen molar-refractivity contribution in [2.24, 2.45) is 4.99 Å². The molecule has 94 valence electrons. The maximum atomic E-state index is 10.3. The molecule has 0 saturated heterocycles. The van der Waals surface area contributed by atoms with Crippen molar-refractivity contribution in [3.8, 4) is 0 Å². The monoisotopic (exact) mass is 243 g/mol.